The summed E-state index contributed by atoms with van der Waals surface area (Å²) in [6.45, 7) is 8.30. The smallest absolute Gasteiger partial charge is 0.413 e. The van der Waals surface area contributed by atoms with E-state index in [0.717, 1.165) is 27.8 Å². The van der Waals surface area contributed by atoms with E-state index in [1.807, 2.05) is 64.1 Å². The summed E-state index contributed by atoms with van der Waals surface area (Å²) in [6.07, 6.45) is 2.36. The van der Waals surface area contributed by atoms with E-state index < -0.39 is 23.0 Å². The van der Waals surface area contributed by atoms with Crippen molar-refractivity contribution in [2.75, 3.05) is 6.61 Å². The van der Waals surface area contributed by atoms with Crippen LogP contribution in [0.4, 0.5) is 4.79 Å². The number of amides is 1. The predicted molar refractivity (Wildman–Crippen MR) is 174 cm³/mol. The fraction of sp³-hybridized carbons (Fsp3) is 0.308. The van der Waals surface area contributed by atoms with Gasteiger partial charge in [0.1, 0.15) is 17.4 Å². The van der Waals surface area contributed by atoms with E-state index in [0.29, 0.717) is 19.4 Å². The van der Waals surface area contributed by atoms with Crippen molar-refractivity contribution >= 4 is 12.2 Å². The van der Waals surface area contributed by atoms with Gasteiger partial charge in [0, 0.05) is 0 Å². The molecule has 1 saturated heterocycles. The third-order valence-corrected chi connectivity index (χ3v) is 8.78. The van der Waals surface area contributed by atoms with E-state index in [-0.39, 0.29) is 12.2 Å². The van der Waals surface area contributed by atoms with Crippen molar-refractivity contribution < 1.29 is 19.0 Å². The van der Waals surface area contributed by atoms with Crippen molar-refractivity contribution in [2.45, 2.75) is 69.6 Å². The van der Waals surface area contributed by atoms with Crippen LogP contribution in [-0.2, 0) is 19.8 Å². The first-order valence-corrected chi connectivity index (χ1v) is 15.5. The van der Waals surface area contributed by atoms with Crippen LogP contribution in [0.2, 0.25) is 0 Å². The lowest BCUT2D eigenvalue weighted by molar-refractivity contribution is -0.0564. The molecule has 5 nitrogen and oxygen atoms in total. The number of nitrogens with zero attached hydrogens (tertiary/aromatic N) is 1. The molecule has 4 aromatic carbocycles. The Balaban J connectivity index is 1.44. The Labute approximate surface area is 261 Å². The fourth-order valence-corrected chi connectivity index (χ4v) is 6.81. The van der Waals surface area contributed by atoms with Crippen LogP contribution in [0.3, 0.4) is 0 Å². The molecular formula is C39H41NO4. The second kappa shape index (κ2) is 12.1. The monoisotopic (exact) mass is 587 g/mol. The molecule has 0 bridgehead atoms. The van der Waals surface area contributed by atoms with Crippen molar-refractivity contribution in [3.63, 3.8) is 0 Å². The van der Waals surface area contributed by atoms with Crippen LogP contribution in [0.1, 0.15) is 62.8 Å². The van der Waals surface area contributed by atoms with Crippen LogP contribution >= 0.6 is 0 Å². The first kappa shape index (κ1) is 29.9. The molecule has 0 unspecified atom stereocenters. The second-order valence-electron chi connectivity index (χ2n) is 12.8. The van der Waals surface area contributed by atoms with Gasteiger partial charge in [-0.25, -0.2) is 4.79 Å². The Morgan fingerprint density at radius 1 is 0.727 bits per heavy atom. The van der Waals surface area contributed by atoms with E-state index >= 15 is 0 Å². The normalized spacial score (nSPS) is 21.8. The molecular weight excluding hydrogens is 546 g/mol. The Morgan fingerprint density at radius 3 is 1.64 bits per heavy atom. The molecule has 2 atom stereocenters. The zero-order valence-electron chi connectivity index (χ0n) is 26.0. The fourth-order valence-electron chi connectivity index (χ4n) is 6.81. The molecule has 0 spiro atoms. The highest BCUT2D eigenvalue weighted by Gasteiger charge is 2.51. The average Bonchev–Trinajstić information content (AvgIpc) is 3.51. The van der Waals surface area contributed by atoms with E-state index in [9.17, 15) is 4.79 Å². The molecule has 44 heavy (non-hydrogen) atoms. The van der Waals surface area contributed by atoms with Crippen LogP contribution in [-0.4, -0.2) is 41.1 Å². The van der Waals surface area contributed by atoms with Gasteiger partial charge in [0.15, 0.2) is 0 Å². The number of carbonyl (C=O) groups excluding carboxylic acids is 1. The molecule has 1 amide bonds. The van der Waals surface area contributed by atoms with Gasteiger partial charge in [0.05, 0.1) is 18.2 Å². The van der Waals surface area contributed by atoms with Crippen molar-refractivity contribution in [2.24, 2.45) is 0 Å². The lowest BCUT2D eigenvalue weighted by atomic mass is 9.79. The maximum Gasteiger partial charge on any atom is 0.413 e. The molecule has 4 aromatic rings. The standard InChI is InChI=1S/C39H41NO4/c1-37(2)28-42-38(3,4)40(37)36(41)43-34-25-26-35(33(34)27-29-17-9-5-10-18-29)44-39(30-19-11-6-12-20-30,31-21-13-7-14-22-31)32-23-15-8-16-24-32/h5-24,27,34-35H,25-26,28H2,1-4H3/b33-27+/t34-,35+/m1/s1. The zero-order chi connectivity index (χ0) is 30.8. The molecule has 1 aliphatic heterocycles. The summed E-state index contributed by atoms with van der Waals surface area (Å²) in [4.78, 5) is 15.6. The summed E-state index contributed by atoms with van der Waals surface area (Å²) >= 11 is 0. The van der Waals surface area contributed by atoms with Gasteiger partial charge >= 0.3 is 6.09 Å². The molecule has 0 aromatic heterocycles. The number of hydrogen-bond acceptors (Lipinski definition) is 4. The minimum atomic E-state index is -0.893. The van der Waals surface area contributed by atoms with Crippen LogP contribution < -0.4 is 0 Å². The van der Waals surface area contributed by atoms with E-state index in [2.05, 4.69) is 91.0 Å². The lowest BCUT2D eigenvalue weighted by Crippen LogP contribution is -2.53. The largest absolute Gasteiger partial charge is 0.441 e. The summed E-state index contributed by atoms with van der Waals surface area (Å²) in [7, 11) is 0. The number of hydrogen-bond donors (Lipinski definition) is 0. The topological polar surface area (TPSA) is 48.0 Å². The summed E-state index contributed by atoms with van der Waals surface area (Å²) in [6, 6.07) is 41.4. The van der Waals surface area contributed by atoms with E-state index in [1.165, 1.54) is 0 Å². The van der Waals surface area contributed by atoms with Crippen molar-refractivity contribution in [1.29, 1.82) is 0 Å². The molecule has 2 fully saturated rings. The van der Waals surface area contributed by atoms with Crippen molar-refractivity contribution in [1.82, 2.24) is 4.90 Å². The summed E-state index contributed by atoms with van der Waals surface area (Å²) in [5.41, 5.74) is 2.96. The molecule has 5 heteroatoms. The first-order chi connectivity index (χ1) is 21.2. The molecule has 2 aliphatic rings. The van der Waals surface area contributed by atoms with Gasteiger partial charge in [-0.3, -0.25) is 4.90 Å². The first-order valence-electron chi connectivity index (χ1n) is 15.5. The molecule has 226 valence electrons. The second-order valence-corrected chi connectivity index (χ2v) is 12.8. The van der Waals surface area contributed by atoms with Gasteiger partial charge in [-0.2, -0.15) is 0 Å². The van der Waals surface area contributed by atoms with E-state index in [4.69, 9.17) is 14.2 Å². The molecule has 0 radical (unpaired) electrons. The molecule has 1 saturated carbocycles. The highest BCUT2D eigenvalue weighted by atomic mass is 16.6. The van der Waals surface area contributed by atoms with Crippen LogP contribution in [0, 0.1) is 0 Å². The Morgan fingerprint density at radius 2 is 1.18 bits per heavy atom. The van der Waals surface area contributed by atoms with Crippen LogP contribution in [0.15, 0.2) is 127 Å². The average molecular weight is 588 g/mol. The SMILES string of the molecule is CC1(C)COC(C)(C)N1C(=O)O[C@@H]1CC[C@H](OC(c2ccccc2)(c2ccccc2)c2ccccc2)/C1=C/c1ccccc1. The summed E-state index contributed by atoms with van der Waals surface area (Å²) < 4.78 is 19.8. The number of benzene rings is 4. The van der Waals surface area contributed by atoms with Gasteiger partial charge in [0.2, 0.25) is 0 Å². The molecule has 0 N–H and O–H groups in total. The van der Waals surface area contributed by atoms with E-state index in [1.54, 1.807) is 4.90 Å². The zero-order valence-corrected chi connectivity index (χ0v) is 26.0. The maximum absolute atomic E-state index is 13.8. The Bertz CT molecular complexity index is 1470. The highest BCUT2D eigenvalue weighted by molar-refractivity contribution is 5.71. The van der Waals surface area contributed by atoms with Gasteiger partial charge in [-0.05, 0) is 74.4 Å². The Kier molecular flexibility index (Phi) is 8.19. The summed E-state index contributed by atoms with van der Waals surface area (Å²) in [5.74, 6) is 0. The third kappa shape index (κ3) is 5.70. The number of ether oxygens (including phenoxy) is 3. The Hall–Kier alpha value is -4.19. The van der Waals surface area contributed by atoms with Gasteiger partial charge in [-0.15, -0.1) is 0 Å². The molecule has 1 aliphatic carbocycles. The van der Waals surface area contributed by atoms with Crippen molar-refractivity contribution in [3.05, 3.63) is 149 Å². The predicted octanol–water partition coefficient (Wildman–Crippen LogP) is 8.59. The van der Waals surface area contributed by atoms with Gasteiger partial charge in [-0.1, -0.05) is 121 Å². The van der Waals surface area contributed by atoms with Crippen LogP contribution in [0.5, 0.6) is 0 Å². The molecule has 1 heterocycles. The van der Waals surface area contributed by atoms with Crippen molar-refractivity contribution in [3.8, 4) is 0 Å². The maximum atomic E-state index is 13.8. The lowest BCUT2D eigenvalue weighted by Gasteiger charge is -2.39. The number of rotatable bonds is 7. The minimum Gasteiger partial charge on any atom is -0.441 e. The molecule has 6 rings (SSSR count). The third-order valence-electron chi connectivity index (χ3n) is 8.78. The van der Waals surface area contributed by atoms with Crippen LogP contribution in [0.25, 0.3) is 6.08 Å². The number of carbonyl (C=O) groups is 1. The highest BCUT2D eigenvalue weighted by Crippen LogP contribution is 2.46. The van der Waals surface area contributed by atoms with Gasteiger partial charge < -0.3 is 14.2 Å². The van der Waals surface area contributed by atoms with Gasteiger partial charge in [0.25, 0.3) is 0 Å². The minimum absolute atomic E-state index is 0.315. The quantitative estimate of drug-likeness (QED) is 0.203. The summed E-state index contributed by atoms with van der Waals surface area (Å²) in [5, 5.41) is 0.